The fraction of sp³-hybridized carbons (Fsp3) is 0.833. The number of urea groups is 1. The van der Waals surface area contributed by atoms with Crippen LogP contribution in [0, 0.1) is 0 Å². The van der Waals surface area contributed by atoms with Crippen LogP contribution >= 0.6 is 0 Å². The van der Waals surface area contributed by atoms with E-state index in [-0.39, 0.29) is 11.2 Å². The minimum absolute atomic E-state index is 0.115. The number of hydrogen-bond donors (Lipinski definition) is 3. The zero-order valence-corrected chi connectivity index (χ0v) is 14.2. The standard InChI is InChI=1S/C12H18F2N4O7S/c13-12(14)5-8(10(19)16-24-7-1-3-15-4-2-7)17-6-9(12)18(11(17)20)25-26(21,22)23/h7-9,15H,1-6H2,(H,16,19)(H,21,22,23). The van der Waals surface area contributed by atoms with E-state index in [1.807, 2.05) is 0 Å². The van der Waals surface area contributed by atoms with Crippen molar-refractivity contribution in [2.45, 2.75) is 43.4 Å². The summed E-state index contributed by atoms with van der Waals surface area (Å²) in [6.45, 7) is 0.749. The summed E-state index contributed by atoms with van der Waals surface area (Å²) in [5, 5.41) is 2.98. The predicted octanol–water partition coefficient (Wildman–Crippen LogP) is -0.966. The third-order valence-electron chi connectivity index (χ3n) is 4.51. The first-order chi connectivity index (χ1) is 12.1. The number of piperidine rings is 2. The van der Waals surface area contributed by atoms with Crippen LogP contribution in [-0.2, 0) is 24.3 Å². The summed E-state index contributed by atoms with van der Waals surface area (Å²) in [7, 11) is -5.18. The van der Waals surface area contributed by atoms with Crippen molar-refractivity contribution in [3.63, 3.8) is 0 Å². The third kappa shape index (κ3) is 3.88. The van der Waals surface area contributed by atoms with Gasteiger partial charge in [-0.2, -0.15) is 13.5 Å². The smallest absolute Gasteiger partial charge is 0.317 e. The number of halogens is 2. The van der Waals surface area contributed by atoms with Gasteiger partial charge >= 0.3 is 16.4 Å². The predicted molar refractivity (Wildman–Crippen MR) is 78.8 cm³/mol. The molecule has 3 saturated heterocycles. The number of nitrogens with one attached hydrogen (secondary N) is 2. The Morgan fingerprint density at radius 3 is 2.62 bits per heavy atom. The fourth-order valence-electron chi connectivity index (χ4n) is 3.21. The van der Waals surface area contributed by atoms with Crippen LogP contribution in [0.3, 0.4) is 0 Å². The van der Waals surface area contributed by atoms with Gasteiger partial charge in [0.05, 0.1) is 12.6 Å². The van der Waals surface area contributed by atoms with E-state index in [0.717, 1.165) is 4.90 Å². The SMILES string of the molecule is O=C(NOC1CCNCC1)C1CC(F)(F)C2CN1C(=O)N2OS(=O)(=O)O. The molecular formula is C12H18F2N4O7S. The molecular weight excluding hydrogens is 382 g/mol. The Morgan fingerprint density at radius 2 is 2.00 bits per heavy atom. The van der Waals surface area contributed by atoms with Gasteiger partial charge in [0.2, 0.25) is 0 Å². The summed E-state index contributed by atoms with van der Waals surface area (Å²) < 4.78 is 62.8. The van der Waals surface area contributed by atoms with Gasteiger partial charge < -0.3 is 10.2 Å². The zero-order valence-electron chi connectivity index (χ0n) is 13.4. The van der Waals surface area contributed by atoms with E-state index in [1.165, 1.54) is 0 Å². The first-order valence-corrected chi connectivity index (χ1v) is 9.26. The Morgan fingerprint density at radius 1 is 1.35 bits per heavy atom. The van der Waals surface area contributed by atoms with Crippen LogP contribution in [0.25, 0.3) is 0 Å². The van der Waals surface area contributed by atoms with Gasteiger partial charge in [0.1, 0.15) is 12.1 Å². The lowest BCUT2D eigenvalue weighted by Crippen LogP contribution is -2.56. The van der Waals surface area contributed by atoms with E-state index >= 15 is 0 Å². The quantitative estimate of drug-likeness (QED) is 0.396. The number of carbonyl (C=O) groups excluding carboxylic acids is 2. The summed E-state index contributed by atoms with van der Waals surface area (Å²) in [4.78, 5) is 30.4. The maximum Gasteiger partial charge on any atom is 0.418 e. The second-order valence-corrected chi connectivity index (χ2v) is 7.30. The van der Waals surface area contributed by atoms with Crippen molar-refractivity contribution in [3.05, 3.63) is 0 Å². The minimum Gasteiger partial charge on any atom is -0.317 e. The highest BCUT2D eigenvalue weighted by molar-refractivity contribution is 7.80. The van der Waals surface area contributed by atoms with Crippen LogP contribution in [0.2, 0.25) is 0 Å². The van der Waals surface area contributed by atoms with Crippen molar-refractivity contribution in [2.24, 2.45) is 0 Å². The first kappa shape index (κ1) is 19.2. The second-order valence-electron chi connectivity index (χ2n) is 6.29. The molecule has 3 amide bonds. The van der Waals surface area contributed by atoms with Gasteiger partial charge in [-0.3, -0.25) is 14.2 Å². The molecule has 3 rings (SSSR count). The molecule has 2 unspecified atom stereocenters. The highest BCUT2D eigenvalue weighted by atomic mass is 32.3. The van der Waals surface area contributed by atoms with Crippen molar-refractivity contribution in [2.75, 3.05) is 19.6 Å². The molecule has 3 aliphatic heterocycles. The van der Waals surface area contributed by atoms with Gasteiger partial charge in [-0.1, -0.05) is 0 Å². The summed E-state index contributed by atoms with van der Waals surface area (Å²) in [5.74, 6) is -4.55. The average Bonchev–Trinajstić information content (AvgIpc) is 2.84. The number of hydroxylamine groups is 3. The van der Waals surface area contributed by atoms with Crippen LogP contribution in [0.1, 0.15) is 19.3 Å². The molecule has 148 valence electrons. The molecule has 0 aromatic heterocycles. The van der Waals surface area contributed by atoms with Crippen molar-refractivity contribution in [1.29, 1.82) is 0 Å². The zero-order chi connectivity index (χ0) is 19.1. The molecule has 2 bridgehead atoms. The molecule has 0 aliphatic carbocycles. The van der Waals surface area contributed by atoms with E-state index in [9.17, 15) is 26.8 Å². The van der Waals surface area contributed by atoms with Gasteiger partial charge in [-0.05, 0) is 25.9 Å². The van der Waals surface area contributed by atoms with Gasteiger partial charge in [-0.25, -0.2) is 19.1 Å². The molecule has 26 heavy (non-hydrogen) atoms. The lowest BCUT2D eigenvalue weighted by atomic mass is 9.96. The molecule has 14 heteroatoms. The van der Waals surface area contributed by atoms with E-state index in [2.05, 4.69) is 15.1 Å². The van der Waals surface area contributed by atoms with Crippen LogP contribution < -0.4 is 10.8 Å². The number of amides is 3. The van der Waals surface area contributed by atoms with Crippen LogP contribution in [-0.4, -0.2) is 78.6 Å². The summed E-state index contributed by atoms with van der Waals surface area (Å²) in [5.41, 5.74) is 2.11. The maximum absolute atomic E-state index is 14.3. The van der Waals surface area contributed by atoms with Gasteiger partial charge in [0.25, 0.3) is 11.8 Å². The van der Waals surface area contributed by atoms with E-state index in [4.69, 9.17) is 9.39 Å². The molecule has 11 nitrogen and oxygen atoms in total. The Hall–Kier alpha value is -1.61. The topological polar surface area (TPSA) is 138 Å². The lowest BCUT2D eigenvalue weighted by molar-refractivity contribution is -0.162. The lowest BCUT2D eigenvalue weighted by Gasteiger charge is -2.35. The highest BCUT2D eigenvalue weighted by Crippen LogP contribution is 2.41. The molecule has 0 radical (unpaired) electrons. The van der Waals surface area contributed by atoms with Crippen LogP contribution in [0.15, 0.2) is 0 Å². The summed E-state index contributed by atoms with van der Waals surface area (Å²) in [6, 6.07) is -4.76. The summed E-state index contributed by atoms with van der Waals surface area (Å²) >= 11 is 0. The van der Waals surface area contributed by atoms with E-state index in [0.29, 0.717) is 25.9 Å². The fourth-order valence-corrected chi connectivity index (χ4v) is 3.58. The Bertz CT molecular complexity index is 685. The Balaban J connectivity index is 1.69. The Labute approximate surface area is 147 Å². The van der Waals surface area contributed by atoms with E-state index < -0.39 is 53.3 Å². The van der Waals surface area contributed by atoms with Crippen molar-refractivity contribution < 1.29 is 40.5 Å². The monoisotopic (exact) mass is 400 g/mol. The highest BCUT2D eigenvalue weighted by Gasteiger charge is 2.62. The molecule has 2 atom stereocenters. The number of rotatable bonds is 5. The number of alkyl halides is 2. The van der Waals surface area contributed by atoms with E-state index in [1.54, 1.807) is 0 Å². The van der Waals surface area contributed by atoms with Gasteiger partial charge in [-0.15, -0.1) is 4.28 Å². The van der Waals surface area contributed by atoms with Gasteiger partial charge in [0, 0.05) is 6.42 Å². The van der Waals surface area contributed by atoms with Crippen LogP contribution in [0.5, 0.6) is 0 Å². The minimum atomic E-state index is -5.18. The molecule has 0 saturated carbocycles. The van der Waals surface area contributed by atoms with Crippen molar-refractivity contribution >= 4 is 22.3 Å². The molecule has 0 spiro atoms. The molecule has 3 heterocycles. The second kappa shape index (κ2) is 6.84. The number of hydrogen-bond acceptors (Lipinski definition) is 7. The third-order valence-corrected chi connectivity index (χ3v) is 4.85. The largest absolute Gasteiger partial charge is 0.418 e. The number of carbonyl (C=O) groups is 2. The molecule has 3 N–H and O–H groups in total. The molecule has 3 aliphatic rings. The first-order valence-electron chi connectivity index (χ1n) is 7.89. The van der Waals surface area contributed by atoms with Crippen molar-refractivity contribution in [1.82, 2.24) is 20.8 Å². The van der Waals surface area contributed by atoms with Crippen LogP contribution in [0.4, 0.5) is 13.6 Å². The average molecular weight is 400 g/mol. The normalized spacial score (nSPS) is 29.1. The molecule has 0 aromatic carbocycles. The number of nitrogens with zero attached hydrogens (tertiary/aromatic N) is 2. The van der Waals surface area contributed by atoms with Crippen molar-refractivity contribution in [3.8, 4) is 0 Å². The Kier molecular flexibility index (Phi) is 5.04. The van der Waals surface area contributed by atoms with Gasteiger partial charge in [0.15, 0.2) is 0 Å². The maximum atomic E-state index is 14.3. The number of fused-ring (bicyclic) bond motifs is 2. The molecule has 0 aromatic rings. The molecule has 3 fully saturated rings. The summed E-state index contributed by atoms with van der Waals surface area (Å²) in [6.07, 6.45) is -0.0505.